The Morgan fingerprint density at radius 3 is 2.48 bits per heavy atom. The highest BCUT2D eigenvalue weighted by molar-refractivity contribution is 14.0. The molecule has 0 aromatic heterocycles. The van der Waals surface area contributed by atoms with Crippen LogP contribution in [0.3, 0.4) is 0 Å². The number of likely N-dealkylation sites (N-methyl/N-ethyl adjacent to an activating group) is 1. The average molecular weight is 509 g/mol. The van der Waals surface area contributed by atoms with Gasteiger partial charge in [0.1, 0.15) is 12.4 Å². The van der Waals surface area contributed by atoms with Crippen LogP contribution in [0.5, 0.6) is 5.75 Å². The van der Waals surface area contributed by atoms with Gasteiger partial charge in [-0.3, -0.25) is 19.5 Å². The molecule has 1 fully saturated rings. The standard InChI is InChI=1S/C18H25ClN4O3.HI/c1-20-18(21-10-11-23-16(24)4-3-5-17(23)25)22(2)12-13-26-15-8-6-14(19)7-9-15;/h6-9H,3-5,10-13H2,1-2H3,(H,20,21);1H. The van der Waals surface area contributed by atoms with Crippen molar-refractivity contribution < 1.29 is 14.3 Å². The van der Waals surface area contributed by atoms with Crippen molar-refractivity contribution in [1.82, 2.24) is 15.1 Å². The minimum atomic E-state index is -0.0947. The number of ether oxygens (including phenoxy) is 1. The lowest BCUT2D eigenvalue weighted by Gasteiger charge is -2.26. The van der Waals surface area contributed by atoms with Crippen LogP contribution in [0.15, 0.2) is 29.3 Å². The summed E-state index contributed by atoms with van der Waals surface area (Å²) in [6, 6.07) is 7.21. The van der Waals surface area contributed by atoms with E-state index in [0.717, 1.165) is 5.75 Å². The topological polar surface area (TPSA) is 74.2 Å². The molecule has 0 spiro atoms. The Balaban J connectivity index is 0.00000364. The molecular weight excluding hydrogens is 483 g/mol. The van der Waals surface area contributed by atoms with Crippen molar-refractivity contribution in [1.29, 1.82) is 0 Å². The largest absolute Gasteiger partial charge is 0.492 e. The van der Waals surface area contributed by atoms with E-state index in [0.29, 0.717) is 56.5 Å². The highest BCUT2D eigenvalue weighted by atomic mass is 127. The molecule has 0 bridgehead atoms. The van der Waals surface area contributed by atoms with Crippen molar-refractivity contribution in [2.45, 2.75) is 19.3 Å². The molecule has 150 valence electrons. The molecule has 1 aliphatic heterocycles. The summed E-state index contributed by atoms with van der Waals surface area (Å²) < 4.78 is 5.67. The van der Waals surface area contributed by atoms with Crippen LogP contribution in [0, 0.1) is 0 Å². The van der Waals surface area contributed by atoms with Gasteiger partial charge in [-0.05, 0) is 30.7 Å². The summed E-state index contributed by atoms with van der Waals surface area (Å²) in [6.45, 7) is 1.93. The van der Waals surface area contributed by atoms with E-state index in [1.165, 1.54) is 4.90 Å². The van der Waals surface area contributed by atoms with Crippen LogP contribution >= 0.6 is 35.6 Å². The molecular formula is C18H26ClIN4O3. The number of likely N-dealkylation sites (tertiary alicyclic amines) is 1. The number of aliphatic imine (C=N–C) groups is 1. The molecule has 2 rings (SSSR count). The molecule has 1 aromatic rings. The van der Waals surface area contributed by atoms with Crippen molar-refractivity contribution >= 4 is 53.4 Å². The smallest absolute Gasteiger partial charge is 0.229 e. The maximum Gasteiger partial charge on any atom is 0.229 e. The van der Waals surface area contributed by atoms with Gasteiger partial charge in [-0.1, -0.05) is 11.6 Å². The number of carbonyl (C=O) groups excluding carboxylic acids is 2. The number of nitrogens with zero attached hydrogens (tertiary/aromatic N) is 3. The monoisotopic (exact) mass is 508 g/mol. The first-order valence-corrected chi connectivity index (χ1v) is 9.02. The molecule has 1 aromatic carbocycles. The molecule has 1 heterocycles. The third kappa shape index (κ3) is 7.53. The highest BCUT2D eigenvalue weighted by Gasteiger charge is 2.25. The van der Waals surface area contributed by atoms with Gasteiger partial charge < -0.3 is 15.0 Å². The van der Waals surface area contributed by atoms with E-state index in [9.17, 15) is 9.59 Å². The Hall–Kier alpha value is -1.55. The minimum Gasteiger partial charge on any atom is -0.492 e. The molecule has 1 aliphatic rings. The van der Waals surface area contributed by atoms with E-state index < -0.39 is 0 Å². The number of hydrogen-bond acceptors (Lipinski definition) is 4. The van der Waals surface area contributed by atoms with E-state index in [-0.39, 0.29) is 35.8 Å². The van der Waals surface area contributed by atoms with Crippen LogP contribution in [0.4, 0.5) is 0 Å². The molecule has 0 unspecified atom stereocenters. The number of hydrogen-bond donors (Lipinski definition) is 1. The molecule has 9 heteroatoms. The summed E-state index contributed by atoms with van der Waals surface area (Å²) in [7, 11) is 3.59. The number of rotatable bonds is 7. The normalized spacial score (nSPS) is 14.6. The first-order chi connectivity index (χ1) is 12.5. The predicted molar refractivity (Wildman–Crippen MR) is 117 cm³/mol. The van der Waals surface area contributed by atoms with Crippen molar-refractivity contribution in [3.8, 4) is 5.75 Å². The lowest BCUT2D eigenvalue weighted by Crippen LogP contribution is -2.47. The number of carbonyl (C=O) groups is 2. The van der Waals surface area contributed by atoms with Crippen LogP contribution < -0.4 is 10.1 Å². The first kappa shape index (κ1) is 23.5. The number of amides is 2. The first-order valence-electron chi connectivity index (χ1n) is 8.64. The Bertz CT molecular complexity index is 639. The Morgan fingerprint density at radius 1 is 1.26 bits per heavy atom. The maximum absolute atomic E-state index is 11.8. The summed E-state index contributed by atoms with van der Waals surface area (Å²) in [5, 5.41) is 3.84. The van der Waals surface area contributed by atoms with E-state index in [2.05, 4.69) is 10.3 Å². The highest BCUT2D eigenvalue weighted by Crippen LogP contribution is 2.15. The third-order valence-corrected chi connectivity index (χ3v) is 4.34. The molecule has 27 heavy (non-hydrogen) atoms. The number of halogens is 2. The number of imide groups is 1. The SMILES string of the molecule is CN=C(NCCN1C(=O)CCCC1=O)N(C)CCOc1ccc(Cl)cc1.I. The van der Waals surface area contributed by atoms with Crippen LogP contribution in [0.1, 0.15) is 19.3 Å². The van der Waals surface area contributed by atoms with Crippen molar-refractivity contribution in [3.63, 3.8) is 0 Å². The fourth-order valence-corrected chi connectivity index (χ4v) is 2.78. The lowest BCUT2D eigenvalue weighted by atomic mass is 10.1. The van der Waals surface area contributed by atoms with Gasteiger partial charge in [-0.2, -0.15) is 0 Å². The number of guanidine groups is 1. The summed E-state index contributed by atoms with van der Waals surface area (Å²) in [5.41, 5.74) is 0. The molecule has 1 saturated heterocycles. The van der Waals surface area contributed by atoms with Gasteiger partial charge in [-0.15, -0.1) is 24.0 Å². The number of piperidine rings is 1. The van der Waals surface area contributed by atoms with E-state index in [1.54, 1.807) is 19.2 Å². The summed E-state index contributed by atoms with van der Waals surface area (Å²) in [4.78, 5) is 31.1. The van der Waals surface area contributed by atoms with E-state index in [1.807, 2.05) is 24.1 Å². The van der Waals surface area contributed by atoms with Gasteiger partial charge in [0.25, 0.3) is 0 Å². The van der Waals surface area contributed by atoms with Gasteiger partial charge in [0.2, 0.25) is 11.8 Å². The molecule has 1 N–H and O–H groups in total. The van der Waals surface area contributed by atoms with Gasteiger partial charge in [0.15, 0.2) is 5.96 Å². The van der Waals surface area contributed by atoms with Crippen molar-refractivity contribution in [2.24, 2.45) is 4.99 Å². The predicted octanol–water partition coefficient (Wildman–Crippen LogP) is 2.38. The number of nitrogens with one attached hydrogen (secondary N) is 1. The zero-order chi connectivity index (χ0) is 18.9. The molecule has 0 radical (unpaired) electrons. The second kappa shape index (κ2) is 12.0. The van der Waals surface area contributed by atoms with Crippen LogP contribution in [0.25, 0.3) is 0 Å². The van der Waals surface area contributed by atoms with Crippen molar-refractivity contribution in [2.75, 3.05) is 40.3 Å². The molecule has 7 nitrogen and oxygen atoms in total. The van der Waals surface area contributed by atoms with E-state index in [4.69, 9.17) is 16.3 Å². The zero-order valence-corrected chi connectivity index (χ0v) is 18.7. The molecule has 0 atom stereocenters. The third-order valence-electron chi connectivity index (χ3n) is 4.08. The summed E-state index contributed by atoms with van der Waals surface area (Å²) in [5.74, 6) is 1.25. The van der Waals surface area contributed by atoms with E-state index >= 15 is 0 Å². The van der Waals surface area contributed by atoms with Crippen LogP contribution in [-0.4, -0.2) is 67.9 Å². The molecule has 0 aliphatic carbocycles. The van der Waals surface area contributed by atoms with Gasteiger partial charge in [0.05, 0.1) is 6.54 Å². The minimum absolute atomic E-state index is 0. The quantitative estimate of drug-likeness (QED) is 0.265. The van der Waals surface area contributed by atoms with Gasteiger partial charge in [-0.25, -0.2) is 0 Å². The zero-order valence-electron chi connectivity index (χ0n) is 15.6. The fourth-order valence-electron chi connectivity index (χ4n) is 2.65. The summed E-state index contributed by atoms with van der Waals surface area (Å²) >= 11 is 5.85. The Kier molecular flexibility index (Phi) is 10.5. The second-order valence-corrected chi connectivity index (χ2v) is 6.43. The van der Waals surface area contributed by atoms with Crippen LogP contribution in [0.2, 0.25) is 5.02 Å². The Morgan fingerprint density at radius 2 is 1.89 bits per heavy atom. The number of benzene rings is 1. The molecule has 2 amide bonds. The van der Waals surface area contributed by atoms with Gasteiger partial charge >= 0.3 is 0 Å². The fraction of sp³-hybridized carbons (Fsp3) is 0.500. The Labute approximate surface area is 182 Å². The lowest BCUT2D eigenvalue weighted by molar-refractivity contribution is -0.147. The van der Waals surface area contributed by atoms with Crippen molar-refractivity contribution in [3.05, 3.63) is 29.3 Å². The average Bonchev–Trinajstić information content (AvgIpc) is 2.62. The summed E-state index contributed by atoms with van der Waals surface area (Å²) in [6.07, 6.45) is 1.55. The van der Waals surface area contributed by atoms with Crippen LogP contribution in [-0.2, 0) is 9.59 Å². The maximum atomic E-state index is 11.8. The molecule has 0 saturated carbocycles. The van der Waals surface area contributed by atoms with Gasteiger partial charge in [0, 0.05) is 45.0 Å². The second-order valence-electron chi connectivity index (χ2n) is 5.99.